The zero-order valence-electron chi connectivity index (χ0n) is 8.60. The van der Waals surface area contributed by atoms with Gasteiger partial charge in [0.15, 0.2) is 0 Å². The fraction of sp³-hybridized carbons (Fsp3) is 0.556. The fourth-order valence-electron chi connectivity index (χ4n) is 1.17. The van der Waals surface area contributed by atoms with Gasteiger partial charge < -0.3 is 10.5 Å². The quantitative estimate of drug-likeness (QED) is 0.794. The molecule has 1 heterocycles. The van der Waals surface area contributed by atoms with E-state index in [2.05, 4.69) is 5.10 Å². The van der Waals surface area contributed by atoms with Gasteiger partial charge in [0.25, 0.3) is 0 Å². The molecular weight excluding hydrogens is 182 g/mol. The Balaban J connectivity index is 2.77. The summed E-state index contributed by atoms with van der Waals surface area (Å²) in [5, 5.41) is 4.07. The molecular formula is C9H15N3O2. The van der Waals surface area contributed by atoms with Crippen LogP contribution < -0.4 is 5.73 Å². The van der Waals surface area contributed by atoms with Crippen molar-refractivity contribution in [2.45, 2.75) is 32.4 Å². The summed E-state index contributed by atoms with van der Waals surface area (Å²) in [6.45, 7) is 5.50. The first kappa shape index (κ1) is 10.6. The normalized spacial score (nSPS) is 13.6. The van der Waals surface area contributed by atoms with E-state index in [-0.39, 0.29) is 6.04 Å². The number of amides is 1. The largest absolute Gasteiger partial charge is 0.441 e. The van der Waals surface area contributed by atoms with E-state index in [9.17, 15) is 4.79 Å². The monoisotopic (exact) mass is 197 g/mol. The van der Waals surface area contributed by atoms with E-state index < -0.39 is 11.7 Å². The van der Waals surface area contributed by atoms with Gasteiger partial charge in [0.05, 0.1) is 6.04 Å². The Morgan fingerprint density at radius 3 is 2.71 bits per heavy atom. The molecule has 0 spiro atoms. The van der Waals surface area contributed by atoms with E-state index in [1.807, 2.05) is 19.2 Å². The summed E-state index contributed by atoms with van der Waals surface area (Å²) in [4.78, 5) is 10.7. The van der Waals surface area contributed by atoms with E-state index in [1.165, 1.54) is 0 Å². The molecule has 0 radical (unpaired) electrons. The Bertz CT molecular complexity index is 306. The zero-order chi connectivity index (χ0) is 10.8. The van der Waals surface area contributed by atoms with Crippen molar-refractivity contribution in [3.05, 3.63) is 18.5 Å². The van der Waals surface area contributed by atoms with Gasteiger partial charge in [-0.25, -0.2) is 4.79 Å². The maximum atomic E-state index is 10.7. The van der Waals surface area contributed by atoms with Crippen LogP contribution in [0.1, 0.15) is 26.8 Å². The second-order valence-corrected chi connectivity index (χ2v) is 3.69. The minimum absolute atomic E-state index is 0.0648. The van der Waals surface area contributed by atoms with Crippen molar-refractivity contribution in [1.29, 1.82) is 0 Å². The summed E-state index contributed by atoms with van der Waals surface area (Å²) in [5.74, 6) is 0. The molecule has 2 N–H and O–H groups in total. The van der Waals surface area contributed by atoms with Gasteiger partial charge in [-0.15, -0.1) is 0 Å². The summed E-state index contributed by atoms with van der Waals surface area (Å²) < 4.78 is 6.73. The number of nitrogens with zero attached hydrogens (tertiary/aromatic N) is 2. The number of rotatable bonds is 3. The van der Waals surface area contributed by atoms with Gasteiger partial charge in [-0.3, -0.25) is 4.68 Å². The highest BCUT2D eigenvalue weighted by Gasteiger charge is 2.30. The van der Waals surface area contributed by atoms with E-state index in [4.69, 9.17) is 10.5 Å². The molecule has 0 bridgehead atoms. The molecule has 0 fully saturated rings. The molecule has 1 atom stereocenters. The van der Waals surface area contributed by atoms with Crippen LogP contribution in [0.2, 0.25) is 0 Å². The molecule has 1 unspecified atom stereocenters. The van der Waals surface area contributed by atoms with E-state index >= 15 is 0 Å². The number of carbonyl (C=O) groups excluding carboxylic acids is 1. The smallest absolute Gasteiger partial charge is 0.405 e. The summed E-state index contributed by atoms with van der Waals surface area (Å²) in [6.07, 6.45) is 2.72. The minimum Gasteiger partial charge on any atom is -0.441 e. The molecule has 1 rings (SSSR count). The van der Waals surface area contributed by atoms with Crippen LogP contribution in [0, 0.1) is 0 Å². The number of carbonyl (C=O) groups is 1. The first-order valence-corrected chi connectivity index (χ1v) is 4.41. The SMILES string of the molecule is CC(n1cccn1)C(C)(C)OC(N)=O. The van der Waals surface area contributed by atoms with Crippen LogP contribution in [0.25, 0.3) is 0 Å². The van der Waals surface area contributed by atoms with Crippen molar-refractivity contribution in [1.82, 2.24) is 9.78 Å². The molecule has 0 aliphatic rings. The van der Waals surface area contributed by atoms with Gasteiger partial charge in [0.2, 0.25) is 0 Å². The van der Waals surface area contributed by atoms with Crippen molar-refractivity contribution < 1.29 is 9.53 Å². The minimum atomic E-state index is -0.769. The van der Waals surface area contributed by atoms with E-state index in [0.29, 0.717) is 0 Å². The fourth-order valence-corrected chi connectivity index (χ4v) is 1.17. The second kappa shape index (κ2) is 3.69. The number of nitrogens with two attached hydrogens (primary N) is 1. The van der Waals surface area contributed by atoms with E-state index in [0.717, 1.165) is 0 Å². The molecule has 0 aromatic carbocycles. The maximum absolute atomic E-state index is 10.7. The Morgan fingerprint density at radius 2 is 2.29 bits per heavy atom. The molecule has 14 heavy (non-hydrogen) atoms. The van der Waals surface area contributed by atoms with Crippen molar-refractivity contribution in [3.8, 4) is 0 Å². The third kappa shape index (κ3) is 2.25. The number of hydrogen-bond acceptors (Lipinski definition) is 3. The lowest BCUT2D eigenvalue weighted by atomic mass is 10.0. The average molecular weight is 197 g/mol. The third-order valence-corrected chi connectivity index (χ3v) is 2.29. The molecule has 0 aliphatic heterocycles. The van der Waals surface area contributed by atoms with Crippen molar-refractivity contribution in [3.63, 3.8) is 0 Å². The maximum Gasteiger partial charge on any atom is 0.405 e. The lowest BCUT2D eigenvalue weighted by Crippen LogP contribution is -2.38. The van der Waals surface area contributed by atoms with Crippen LogP contribution in [-0.4, -0.2) is 21.5 Å². The number of hydrogen-bond donors (Lipinski definition) is 1. The van der Waals surface area contributed by atoms with Gasteiger partial charge in [-0.05, 0) is 26.8 Å². The third-order valence-electron chi connectivity index (χ3n) is 2.29. The molecule has 0 saturated carbocycles. The van der Waals surface area contributed by atoms with Crippen molar-refractivity contribution in [2.75, 3.05) is 0 Å². The van der Waals surface area contributed by atoms with E-state index in [1.54, 1.807) is 24.7 Å². The van der Waals surface area contributed by atoms with Gasteiger partial charge >= 0.3 is 6.09 Å². The molecule has 5 heteroatoms. The molecule has 5 nitrogen and oxygen atoms in total. The molecule has 1 aromatic heterocycles. The Morgan fingerprint density at radius 1 is 1.64 bits per heavy atom. The average Bonchev–Trinajstić information content (AvgIpc) is 2.51. The molecule has 1 amide bonds. The topological polar surface area (TPSA) is 70.1 Å². The summed E-state index contributed by atoms with van der Waals surface area (Å²) in [6, 6.07) is 1.75. The summed E-state index contributed by atoms with van der Waals surface area (Å²) >= 11 is 0. The number of aromatic nitrogens is 2. The van der Waals surface area contributed by atoms with Crippen LogP contribution in [0.3, 0.4) is 0 Å². The highest BCUT2D eigenvalue weighted by molar-refractivity contribution is 5.65. The molecule has 0 saturated heterocycles. The molecule has 1 aromatic rings. The lowest BCUT2D eigenvalue weighted by Gasteiger charge is -2.30. The predicted molar refractivity (Wildman–Crippen MR) is 51.7 cm³/mol. The lowest BCUT2D eigenvalue weighted by molar-refractivity contribution is 0.00578. The van der Waals surface area contributed by atoms with Crippen LogP contribution in [0.15, 0.2) is 18.5 Å². The summed E-state index contributed by atoms with van der Waals surface area (Å²) in [5.41, 5.74) is 4.31. The summed E-state index contributed by atoms with van der Waals surface area (Å²) in [7, 11) is 0. The van der Waals surface area contributed by atoms with Gasteiger partial charge in [-0.2, -0.15) is 5.10 Å². The first-order valence-electron chi connectivity index (χ1n) is 4.41. The van der Waals surface area contributed by atoms with Crippen LogP contribution in [0.4, 0.5) is 4.79 Å². The van der Waals surface area contributed by atoms with Gasteiger partial charge in [0, 0.05) is 12.4 Å². The molecule has 78 valence electrons. The Kier molecular flexibility index (Phi) is 2.78. The zero-order valence-corrected chi connectivity index (χ0v) is 8.60. The molecule has 0 aliphatic carbocycles. The van der Waals surface area contributed by atoms with Crippen LogP contribution >= 0.6 is 0 Å². The number of ether oxygens (including phenoxy) is 1. The standard InChI is InChI=1S/C9H15N3O2/c1-7(12-6-4-5-11-12)9(2,3)14-8(10)13/h4-7H,1-3H3,(H2,10,13). The highest BCUT2D eigenvalue weighted by Crippen LogP contribution is 2.24. The first-order chi connectivity index (χ1) is 6.43. The van der Waals surface area contributed by atoms with Crippen LogP contribution in [0.5, 0.6) is 0 Å². The second-order valence-electron chi connectivity index (χ2n) is 3.69. The number of primary amides is 1. The highest BCUT2D eigenvalue weighted by atomic mass is 16.6. The Hall–Kier alpha value is -1.52. The Labute approximate surface area is 82.8 Å². The van der Waals surface area contributed by atoms with Gasteiger partial charge in [-0.1, -0.05) is 0 Å². The van der Waals surface area contributed by atoms with Gasteiger partial charge in [0.1, 0.15) is 5.60 Å². The van der Waals surface area contributed by atoms with Crippen LogP contribution in [-0.2, 0) is 4.74 Å². The van der Waals surface area contributed by atoms with Crippen molar-refractivity contribution >= 4 is 6.09 Å². The van der Waals surface area contributed by atoms with Crippen molar-refractivity contribution in [2.24, 2.45) is 5.73 Å². The predicted octanol–water partition coefficient (Wildman–Crippen LogP) is 1.32.